The standard InChI is InChI=1S/C11H11BrO4/c1-11(10(13)14)15-5-7-2-3-9(12)4-8(7)6-16-11/h2-4H,5-6H2,1H3,(H,13,14). The third kappa shape index (κ3) is 2.11. The number of fused-ring (bicyclic) bond motifs is 1. The number of benzene rings is 1. The van der Waals surface area contributed by atoms with Crippen LogP contribution in [0.3, 0.4) is 0 Å². The first kappa shape index (κ1) is 11.6. The van der Waals surface area contributed by atoms with Crippen LogP contribution in [-0.4, -0.2) is 16.9 Å². The van der Waals surface area contributed by atoms with Gasteiger partial charge in [0, 0.05) is 11.4 Å². The third-order valence-electron chi connectivity index (χ3n) is 2.56. The van der Waals surface area contributed by atoms with E-state index in [0.29, 0.717) is 0 Å². The van der Waals surface area contributed by atoms with Crippen LogP contribution in [0.1, 0.15) is 18.1 Å². The van der Waals surface area contributed by atoms with Crippen molar-refractivity contribution in [2.24, 2.45) is 0 Å². The van der Waals surface area contributed by atoms with Gasteiger partial charge in [-0.2, -0.15) is 0 Å². The van der Waals surface area contributed by atoms with Gasteiger partial charge < -0.3 is 14.6 Å². The Labute approximate surface area is 101 Å². The highest BCUT2D eigenvalue weighted by molar-refractivity contribution is 9.10. The zero-order valence-electron chi connectivity index (χ0n) is 8.70. The molecule has 5 heteroatoms. The molecule has 0 saturated heterocycles. The molecule has 16 heavy (non-hydrogen) atoms. The van der Waals surface area contributed by atoms with Crippen LogP contribution in [0.4, 0.5) is 0 Å². The lowest BCUT2D eigenvalue weighted by Crippen LogP contribution is -2.39. The normalized spacial score (nSPS) is 24.6. The molecule has 1 atom stereocenters. The van der Waals surface area contributed by atoms with Gasteiger partial charge in [-0.3, -0.25) is 0 Å². The molecule has 0 radical (unpaired) electrons. The summed E-state index contributed by atoms with van der Waals surface area (Å²) in [5, 5.41) is 9.00. The molecule has 2 rings (SSSR count). The minimum absolute atomic E-state index is 0.234. The van der Waals surface area contributed by atoms with Crippen LogP contribution in [0.25, 0.3) is 0 Å². The first-order valence-corrected chi connectivity index (χ1v) is 5.59. The maximum Gasteiger partial charge on any atom is 0.364 e. The quantitative estimate of drug-likeness (QED) is 0.861. The average molecular weight is 287 g/mol. The Kier molecular flexibility index (Phi) is 3.01. The second-order valence-electron chi connectivity index (χ2n) is 3.74. The van der Waals surface area contributed by atoms with Crippen molar-refractivity contribution < 1.29 is 19.4 Å². The number of hydrogen-bond acceptors (Lipinski definition) is 3. The molecule has 1 N–H and O–H groups in total. The Morgan fingerprint density at radius 1 is 1.38 bits per heavy atom. The molecule has 86 valence electrons. The summed E-state index contributed by atoms with van der Waals surface area (Å²) in [4.78, 5) is 11.0. The Balaban J connectivity index is 2.28. The number of carboxylic acid groups (broad SMARTS) is 1. The van der Waals surface area contributed by atoms with Crippen molar-refractivity contribution in [2.45, 2.75) is 25.9 Å². The summed E-state index contributed by atoms with van der Waals surface area (Å²) in [6.07, 6.45) is 0. The molecule has 0 bridgehead atoms. The number of rotatable bonds is 1. The van der Waals surface area contributed by atoms with Gasteiger partial charge in [-0.1, -0.05) is 22.0 Å². The van der Waals surface area contributed by atoms with Crippen LogP contribution < -0.4 is 0 Å². The van der Waals surface area contributed by atoms with Gasteiger partial charge in [-0.15, -0.1) is 0 Å². The number of carbonyl (C=O) groups is 1. The molecule has 0 aromatic heterocycles. The molecule has 0 aliphatic carbocycles. The maximum absolute atomic E-state index is 11.0. The van der Waals surface area contributed by atoms with E-state index in [4.69, 9.17) is 14.6 Å². The van der Waals surface area contributed by atoms with Crippen LogP contribution >= 0.6 is 15.9 Å². The fourth-order valence-corrected chi connectivity index (χ4v) is 1.87. The van der Waals surface area contributed by atoms with Crippen LogP contribution in [0.15, 0.2) is 22.7 Å². The fraction of sp³-hybridized carbons (Fsp3) is 0.364. The molecule has 1 unspecified atom stereocenters. The van der Waals surface area contributed by atoms with Gasteiger partial charge in [-0.05, 0) is 23.3 Å². The summed E-state index contributed by atoms with van der Waals surface area (Å²) in [6, 6.07) is 5.70. The Hall–Kier alpha value is -0.910. The topological polar surface area (TPSA) is 55.8 Å². The fourth-order valence-electron chi connectivity index (χ4n) is 1.47. The Bertz CT molecular complexity index is 432. The van der Waals surface area contributed by atoms with Crippen molar-refractivity contribution in [3.63, 3.8) is 0 Å². The van der Waals surface area contributed by atoms with Crippen molar-refractivity contribution in [1.29, 1.82) is 0 Å². The second kappa shape index (κ2) is 4.16. The highest BCUT2D eigenvalue weighted by Crippen LogP contribution is 2.27. The third-order valence-corrected chi connectivity index (χ3v) is 3.06. The number of aliphatic carboxylic acids is 1. The maximum atomic E-state index is 11.0. The molecule has 1 aromatic carbocycles. The smallest absolute Gasteiger partial charge is 0.364 e. The Morgan fingerprint density at radius 3 is 2.62 bits per heavy atom. The molecule has 0 saturated carbocycles. The molecule has 0 spiro atoms. The summed E-state index contributed by atoms with van der Waals surface area (Å²) in [7, 11) is 0. The van der Waals surface area contributed by atoms with E-state index in [9.17, 15) is 4.79 Å². The van der Waals surface area contributed by atoms with Crippen LogP contribution in [0, 0.1) is 0 Å². The number of hydrogen-bond donors (Lipinski definition) is 1. The van der Waals surface area contributed by atoms with E-state index >= 15 is 0 Å². The molecule has 0 fully saturated rings. The first-order valence-electron chi connectivity index (χ1n) is 4.80. The van der Waals surface area contributed by atoms with Crippen molar-refractivity contribution in [2.75, 3.05) is 0 Å². The van der Waals surface area contributed by atoms with E-state index in [1.165, 1.54) is 6.92 Å². The highest BCUT2D eigenvalue weighted by atomic mass is 79.9. The van der Waals surface area contributed by atoms with Crippen LogP contribution in [0.5, 0.6) is 0 Å². The molecule has 1 aromatic rings. The van der Waals surface area contributed by atoms with E-state index in [-0.39, 0.29) is 13.2 Å². The van der Waals surface area contributed by atoms with Crippen LogP contribution in [0.2, 0.25) is 0 Å². The monoisotopic (exact) mass is 286 g/mol. The number of carboxylic acids is 1. The first-order chi connectivity index (χ1) is 7.51. The largest absolute Gasteiger partial charge is 0.477 e. The zero-order valence-corrected chi connectivity index (χ0v) is 10.3. The van der Waals surface area contributed by atoms with Gasteiger partial charge in [0.25, 0.3) is 5.79 Å². The number of halogens is 1. The van der Waals surface area contributed by atoms with E-state index in [0.717, 1.165) is 15.6 Å². The molecular formula is C11H11BrO4. The van der Waals surface area contributed by atoms with Crippen molar-refractivity contribution in [3.05, 3.63) is 33.8 Å². The minimum atomic E-state index is -1.56. The van der Waals surface area contributed by atoms with E-state index in [1.54, 1.807) is 0 Å². The lowest BCUT2D eigenvalue weighted by Gasteiger charge is -2.22. The summed E-state index contributed by atoms with van der Waals surface area (Å²) < 4.78 is 11.5. The summed E-state index contributed by atoms with van der Waals surface area (Å²) in [5.41, 5.74) is 1.90. The van der Waals surface area contributed by atoms with Gasteiger partial charge in [0.2, 0.25) is 0 Å². The van der Waals surface area contributed by atoms with Crippen LogP contribution in [-0.2, 0) is 27.5 Å². The Morgan fingerprint density at radius 2 is 2.00 bits per heavy atom. The summed E-state index contributed by atoms with van der Waals surface area (Å²) in [6.45, 7) is 1.89. The number of ether oxygens (including phenoxy) is 2. The summed E-state index contributed by atoms with van der Waals surface area (Å²) in [5.74, 6) is -2.68. The lowest BCUT2D eigenvalue weighted by atomic mass is 10.1. The molecular weight excluding hydrogens is 276 g/mol. The van der Waals surface area contributed by atoms with Crippen molar-refractivity contribution in [1.82, 2.24) is 0 Å². The molecule has 1 aliphatic heterocycles. The van der Waals surface area contributed by atoms with E-state index in [2.05, 4.69) is 15.9 Å². The van der Waals surface area contributed by atoms with Gasteiger partial charge in [0.1, 0.15) is 0 Å². The van der Waals surface area contributed by atoms with Gasteiger partial charge in [0.15, 0.2) is 0 Å². The predicted molar refractivity (Wildman–Crippen MR) is 59.8 cm³/mol. The average Bonchev–Trinajstić information content (AvgIpc) is 2.40. The lowest BCUT2D eigenvalue weighted by molar-refractivity contribution is -0.240. The van der Waals surface area contributed by atoms with Gasteiger partial charge >= 0.3 is 5.97 Å². The minimum Gasteiger partial charge on any atom is -0.477 e. The van der Waals surface area contributed by atoms with E-state index < -0.39 is 11.8 Å². The molecule has 1 aliphatic rings. The second-order valence-corrected chi connectivity index (χ2v) is 4.66. The van der Waals surface area contributed by atoms with Gasteiger partial charge in [-0.25, -0.2) is 4.79 Å². The van der Waals surface area contributed by atoms with Gasteiger partial charge in [0.05, 0.1) is 13.2 Å². The van der Waals surface area contributed by atoms with E-state index in [1.807, 2.05) is 18.2 Å². The predicted octanol–water partition coefficient (Wildman–Crippen LogP) is 2.30. The molecule has 4 nitrogen and oxygen atoms in total. The zero-order chi connectivity index (χ0) is 11.8. The molecule has 1 heterocycles. The SMILES string of the molecule is CC1(C(=O)O)OCc2ccc(Br)cc2CO1. The van der Waals surface area contributed by atoms with Crippen molar-refractivity contribution in [3.8, 4) is 0 Å². The summed E-state index contributed by atoms with van der Waals surface area (Å²) >= 11 is 3.36. The van der Waals surface area contributed by atoms with Crippen molar-refractivity contribution >= 4 is 21.9 Å². The highest BCUT2D eigenvalue weighted by Gasteiger charge is 2.37. The molecule has 0 amide bonds.